The van der Waals surface area contributed by atoms with Gasteiger partial charge in [0, 0.05) is 16.6 Å². The number of pyridine rings is 1. The van der Waals surface area contributed by atoms with Gasteiger partial charge >= 0.3 is 0 Å². The van der Waals surface area contributed by atoms with Crippen LogP contribution in [0.2, 0.25) is 10.0 Å². The van der Waals surface area contributed by atoms with Crippen molar-refractivity contribution in [3.05, 3.63) is 40.1 Å². The molecular formula is C11H8Cl2N2O. The lowest BCUT2D eigenvalue weighted by atomic mass is 10.1. The quantitative estimate of drug-likeness (QED) is 0.896. The fraction of sp³-hybridized carbons (Fsp3) is 0.0909. The summed E-state index contributed by atoms with van der Waals surface area (Å²) in [5, 5.41) is 2.61. The topological polar surface area (TPSA) is 56.0 Å². The minimum absolute atomic E-state index is 0.0681. The van der Waals surface area contributed by atoms with Gasteiger partial charge in [-0.25, -0.2) is 0 Å². The highest BCUT2D eigenvalue weighted by Crippen LogP contribution is 2.29. The Morgan fingerprint density at radius 1 is 1.38 bits per heavy atom. The van der Waals surface area contributed by atoms with E-state index in [1.165, 1.54) is 0 Å². The monoisotopic (exact) mass is 254 g/mol. The maximum atomic E-state index is 10.9. The minimum atomic E-state index is -0.439. The number of hydrogen-bond acceptors (Lipinski definition) is 2. The van der Waals surface area contributed by atoms with Crippen LogP contribution >= 0.6 is 23.2 Å². The Morgan fingerprint density at radius 2 is 2.12 bits per heavy atom. The van der Waals surface area contributed by atoms with Crippen molar-refractivity contribution in [1.29, 1.82) is 0 Å². The smallest absolute Gasteiger partial charge is 0.223 e. The lowest BCUT2D eigenvalue weighted by molar-refractivity contribution is -0.117. The number of nitrogens with zero attached hydrogens (tertiary/aromatic N) is 1. The number of nitrogens with two attached hydrogens (primary N) is 1. The number of primary amides is 1. The molecule has 0 aliphatic carbocycles. The summed E-state index contributed by atoms with van der Waals surface area (Å²) in [4.78, 5) is 15.0. The molecule has 0 aliphatic rings. The van der Waals surface area contributed by atoms with Gasteiger partial charge in [-0.3, -0.25) is 9.78 Å². The van der Waals surface area contributed by atoms with Crippen LogP contribution in [0.5, 0.6) is 0 Å². The fourth-order valence-corrected chi connectivity index (χ4v) is 2.22. The van der Waals surface area contributed by atoms with Gasteiger partial charge in [0.1, 0.15) is 0 Å². The second kappa shape index (κ2) is 4.28. The maximum Gasteiger partial charge on any atom is 0.223 e. The highest BCUT2D eigenvalue weighted by atomic mass is 35.5. The van der Waals surface area contributed by atoms with Gasteiger partial charge in [-0.05, 0) is 23.6 Å². The number of carbonyl (C=O) groups excluding carboxylic acids is 1. The molecule has 1 amide bonds. The number of fused-ring (bicyclic) bond motifs is 1. The zero-order valence-corrected chi connectivity index (χ0v) is 9.72. The van der Waals surface area contributed by atoms with Crippen LogP contribution in [-0.4, -0.2) is 10.9 Å². The van der Waals surface area contributed by atoms with E-state index in [0.29, 0.717) is 15.7 Å². The molecule has 0 spiro atoms. The van der Waals surface area contributed by atoms with Crippen LogP contribution in [0.25, 0.3) is 10.8 Å². The summed E-state index contributed by atoms with van der Waals surface area (Å²) in [6.07, 6.45) is 1.67. The molecule has 0 saturated carbocycles. The summed E-state index contributed by atoms with van der Waals surface area (Å²) < 4.78 is 0. The molecule has 1 heterocycles. The van der Waals surface area contributed by atoms with Gasteiger partial charge in [0.2, 0.25) is 5.91 Å². The molecule has 0 saturated heterocycles. The van der Waals surface area contributed by atoms with E-state index in [0.717, 1.165) is 10.8 Å². The normalized spacial score (nSPS) is 10.6. The second-order valence-electron chi connectivity index (χ2n) is 3.39. The van der Waals surface area contributed by atoms with Gasteiger partial charge in [0.15, 0.2) is 0 Å². The number of carbonyl (C=O) groups is 1. The molecule has 1 aromatic carbocycles. The molecule has 0 aliphatic heterocycles. The number of hydrogen-bond donors (Lipinski definition) is 1. The van der Waals surface area contributed by atoms with Crippen LogP contribution in [0.4, 0.5) is 0 Å². The predicted molar refractivity (Wildman–Crippen MR) is 64.7 cm³/mol. The molecule has 0 bridgehead atoms. The third kappa shape index (κ3) is 2.10. The van der Waals surface area contributed by atoms with Crippen LogP contribution in [0.1, 0.15) is 5.69 Å². The fourth-order valence-electron chi connectivity index (χ4n) is 1.60. The Hall–Kier alpha value is -1.32. The van der Waals surface area contributed by atoms with Crippen molar-refractivity contribution in [1.82, 2.24) is 4.98 Å². The molecule has 0 unspecified atom stereocenters. The van der Waals surface area contributed by atoms with E-state index in [9.17, 15) is 4.79 Å². The van der Waals surface area contributed by atoms with Crippen LogP contribution in [-0.2, 0) is 11.2 Å². The minimum Gasteiger partial charge on any atom is -0.369 e. The first-order valence-electron chi connectivity index (χ1n) is 4.59. The summed E-state index contributed by atoms with van der Waals surface area (Å²) in [6, 6.07) is 5.18. The van der Waals surface area contributed by atoms with E-state index >= 15 is 0 Å². The molecule has 2 N–H and O–H groups in total. The van der Waals surface area contributed by atoms with Crippen molar-refractivity contribution in [2.24, 2.45) is 5.73 Å². The molecule has 1 aromatic heterocycles. The maximum absolute atomic E-state index is 10.9. The van der Waals surface area contributed by atoms with Gasteiger partial charge in [-0.1, -0.05) is 23.2 Å². The van der Waals surface area contributed by atoms with Crippen molar-refractivity contribution < 1.29 is 4.79 Å². The highest BCUT2D eigenvalue weighted by molar-refractivity contribution is 6.38. The summed E-state index contributed by atoms with van der Waals surface area (Å²) in [6.45, 7) is 0. The molecule has 3 nitrogen and oxygen atoms in total. The number of halogens is 2. The number of amides is 1. The van der Waals surface area contributed by atoms with Crippen molar-refractivity contribution in [3.63, 3.8) is 0 Å². The van der Waals surface area contributed by atoms with E-state index in [1.807, 2.05) is 0 Å². The van der Waals surface area contributed by atoms with E-state index in [1.54, 1.807) is 24.4 Å². The third-order valence-electron chi connectivity index (χ3n) is 2.20. The lowest BCUT2D eigenvalue weighted by Gasteiger charge is -2.06. The van der Waals surface area contributed by atoms with E-state index in [-0.39, 0.29) is 6.42 Å². The summed E-state index contributed by atoms with van der Waals surface area (Å²) in [5.41, 5.74) is 5.72. The molecule has 2 rings (SSSR count). The van der Waals surface area contributed by atoms with E-state index < -0.39 is 5.91 Å². The van der Waals surface area contributed by atoms with Gasteiger partial charge < -0.3 is 5.73 Å². The van der Waals surface area contributed by atoms with Crippen LogP contribution in [0.15, 0.2) is 24.4 Å². The molecule has 5 heteroatoms. The van der Waals surface area contributed by atoms with Crippen molar-refractivity contribution in [3.8, 4) is 0 Å². The predicted octanol–water partition coefficient (Wildman–Crippen LogP) is 2.57. The van der Waals surface area contributed by atoms with Crippen molar-refractivity contribution in [2.45, 2.75) is 6.42 Å². The molecule has 2 aromatic rings. The summed E-state index contributed by atoms with van der Waals surface area (Å²) in [5.74, 6) is -0.439. The van der Waals surface area contributed by atoms with Crippen LogP contribution < -0.4 is 5.73 Å². The average Bonchev–Trinajstić information content (AvgIpc) is 2.15. The molecular weight excluding hydrogens is 247 g/mol. The van der Waals surface area contributed by atoms with Gasteiger partial charge in [0.25, 0.3) is 0 Å². The van der Waals surface area contributed by atoms with E-state index in [2.05, 4.69) is 4.98 Å². The Bertz CT molecular complexity index is 569. The number of benzene rings is 1. The Morgan fingerprint density at radius 3 is 2.81 bits per heavy atom. The van der Waals surface area contributed by atoms with Gasteiger partial charge in [0.05, 0.1) is 17.1 Å². The van der Waals surface area contributed by atoms with E-state index in [4.69, 9.17) is 28.9 Å². The van der Waals surface area contributed by atoms with Crippen molar-refractivity contribution >= 4 is 39.9 Å². The lowest BCUT2D eigenvalue weighted by Crippen LogP contribution is -2.14. The second-order valence-corrected chi connectivity index (χ2v) is 4.23. The SMILES string of the molecule is NC(=O)Cc1nccc2cc(Cl)cc(Cl)c12. The van der Waals surface area contributed by atoms with Crippen LogP contribution in [0.3, 0.4) is 0 Å². The average molecular weight is 255 g/mol. The molecule has 0 radical (unpaired) electrons. The zero-order chi connectivity index (χ0) is 11.7. The standard InChI is InChI=1S/C11H8Cl2N2O/c12-7-3-6-1-2-15-9(5-10(14)16)11(6)8(13)4-7/h1-4H,5H2,(H2,14,16). The Balaban J connectivity index is 2.71. The molecule has 0 fully saturated rings. The third-order valence-corrected chi connectivity index (χ3v) is 2.72. The summed E-state index contributed by atoms with van der Waals surface area (Å²) in [7, 11) is 0. The summed E-state index contributed by atoms with van der Waals surface area (Å²) >= 11 is 12.0. The number of aromatic nitrogens is 1. The highest BCUT2D eigenvalue weighted by Gasteiger charge is 2.09. The van der Waals surface area contributed by atoms with Crippen molar-refractivity contribution in [2.75, 3.05) is 0 Å². The van der Waals surface area contributed by atoms with Gasteiger partial charge in [-0.2, -0.15) is 0 Å². The Labute approximate surface area is 102 Å². The molecule has 16 heavy (non-hydrogen) atoms. The first kappa shape index (κ1) is 11.2. The van der Waals surface area contributed by atoms with Crippen LogP contribution in [0, 0.1) is 0 Å². The first-order valence-corrected chi connectivity index (χ1v) is 5.34. The van der Waals surface area contributed by atoms with Gasteiger partial charge in [-0.15, -0.1) is 0 Å². The molecule has 0 atom stereocenters. The molecule has 82 valence electrons. The first-order chi connectivity index (χ1) is 7.58. The number of rotatable bonds is 2. The largest absolute Gasteiger partial charge is 0.369 e. The Kier molecular flexibility index (Phi) is 2.99. The zero-order valence-electron chi connectivity index (χ0n) is 8.21.